The number of aliphatic carboxylic acids is 1. The van der Waals surface area contributed by atoms with Crippen molar-refractivity contribution in [2.24, 2.45) is 5.92 Å². The second-order valence-electron chi connectivity index (χ2n) is 5.42. The van der Waals surface area contributed by atoms with Crippen LogP contribution in [0.3, 0.4) is 0 Å². The highest BCUT2D eigenvalue weighted by molar-refractivity contribution is 5.93. The predicted octanol–water partition coefficient (Wildman–Crippen LogP) is 1.23. The Morgan fingerprint density at radius 3 is 2.86 bits per heavy atom. The molecule has 2 atom stereocenters. The summed E-state index contributed by atoms with van der Waals surface area (Å²) in [6.07, 6.45) is -0.512. The number of nitrogens with one attached hydrogen (secondary N) is 1. The Morgan fingerprint density at radius 1 is 1.43 bits per heavy atom. The van der Waals surface area contributed by atoms with E-state index in [0.717, 1.165) is 17.7 Å². The third-order valence-corrected chi connectivity index (χ3v) is 3.57. The lowest BCUT2D eigenvalue weighted by Crippen LogP contribution is -2.46. The minimum Gasteiger partial charge on any atom is -0.479 e. The standard InChI is InChI=1S/C15H20N2O4/c1-10-8-11-4-2-3-5-12(11)17(9-10)15(21)16-7-6-13(18)14(19)20/h2-5,10,13,18H,6-9H2,1H3,(H,16,21)(H,19,20). The molecular weight excluding hydrogens is 272 g/mol. The molecule has 0 spiro atoms. The molecule has 2 amide bonds. The normalized spacial score (nSPS) is 18.8. The highest BCUT2D eigenvalue weighted by atomic mass is 16.4. The van der Waals surface area contributed by atoms with Crippen LogP contribution >= 0.6 is 0 Å². The van der Waals surface area contributed by atoms with Gasteiger partial charge in [-0.1, -0.05) is 25.1 Å². The van der Waals surface area contributed by atoms with Crippen molar-refractivity contribution < 1.29 is 19.8 Å². The fourth-order valence-corrected chi connectivity index (χ4v) is 2.52. The number of hydrogen-bond acceptors (Lipinski definition) is 3. The lowest BCUT2D eigenvalue weighted by atomic mass is 9.94. The number of hydrogen-bond donors (Lipinski definition) is 3. The van der Waals surface area contributed by atoms with Gasteiger partial charge in [0, 0.05) is 25.2 Å². The van der Waals surface area contributed by atoms with Crippen LogP contribution in [0.5, 0.6) is 0 Å². The first-order chi connectivity index (χ1) is 9.99. The van der Waals surface area contributed by atoms with Gasteiger partial charge in [0.25, 0.3) is 0 Å². The number of aliphatic hydroxyl groups excluding tert-OH is 1. The van der Waals surface area contributed by atoms with Gasteiger partial charge in [-0.3, -0.25) is 4.90 Å². The van der Waals surface area contributed by atoms with Crippen LogP contribution in [0.25, 0.3) is 0 Å². The Kier molecular flexibility index (Phi) is 4.80. The summed E-state index contributed by atoms with van der Waals surface area (Å²) in [5, 5.41) is 20.4. The predicted molar refractivity (Wildman–Crippen MR) is 78.3 cm³/mol. The minimum atomic E-state index is -1.45. The van der Waals surface area contributed by atoms with Crippen molar-refractivity contribution in [1.82, 2.24) is 5.32 Å². The molecule has 0 aromatic heterocycles. The fourth-order valence-electron chi connectivity index (χ4n) is 2.52. The van der Waals surface area contributed by atoms with Crippen molar-refractivity contribution in [3.05, 3.63) is 29.8 Å². The smallest absolute Gasteiger partial charge is 0.332 e. The van der Waals surface area contributed by atoms with Crippen LogP contribution in [0.15, 0.2) is 24.3 Å². The summed E-state index contributed by atoms with van der Waals surface area (Å²) in [4.78, 5) is 24.4. The molecule has 114 valence electrons. The quantitative estimate of drug-likeness (QED) is 0.778. The van der Waals surface area contributed by atoms with Gasteiger partial charge in [-0.2, -0.15) is 0 Å². The Balaban J connectivity index is 1.98. The number of carboxylic acids is 1. The molecule has 1 aliphatic heterocycles. The van der Waals surface area contributed by atoms with Crippen LogP contribution in [0.4, 0.5) is 10.5 Å². The Hall–Kier alpha value is -2.08. The first-order valence-corrected chi connectivity index (χ1v) is 7.03. The zero-order valence-electron chi connectivity index (χ0n) is 12.0. The maximum atomic E-state index is 12.2. The van der Waals surface area contributed by atoms with Gasteiger partial charge < -0.3 is 15.5 Å². The van der Waals surface area contributed by atoms with E-state index in [9.17, 15) is 14.7 Å². The van der Waals surface area contributed by atoms with Crippen molar-refractivity contribution in [3.63, 3.8) is 0 Å². The van der Waals surface area contributed by atoms with Gasteiger partial charge in [-0.05, 0) is 24.0 Å². The van der Waals surface area contributed by atoms with Crippen molar-refractivity contribution in [2.75, 3.05) is 18.0 Å². The number of carbonyl (C=O) groups is 2. The number of carbonyl (C=O) groups excluding carboxylic acids is 1. The van der Waals surface area contributed by atoms with Crippen molar-refractivity contribution in [1.29, 1.82) is 0 Å². The number of rotatable bonds is 4. The Morgan fingerprint density at radius 2 is 2.14 bits per heavy atom. The fraction of sp³-hybridized carbons (Fsp3) is 0.467. The molecule has 3 N–H and O–H groups in total. The van der Waals surface area contributed by atoms with E-state index in [1.807, 2.05) is 24.3 Å². The summed E-state index contributed by atoms with van der Waals surface area (Å²) in [7, 11) is 0. The average molecular weight is 292 g/mol. The van der Waals surface area contributed by atoms with Crippen LogP contribution < -0.4 is 10.2 Å². The second-order valence-corrected chi connectivity index (χ2v) is 5.42. The number of nitrogens with zero attached hydrogens (tertiary/aromatic N) is 1. The van der Waals surface area contributed by atoms with Gasteiger partial charge >= 0.3 is 12.0 Å². The minimum absolute atomic E-state index is 0.00782. The van der Waals surface area contributed by atoms with E-state index in [-0.39, 0.29) is 19.0 Å². The molecule has 0 fully saturated rings. The van der Waals surface area contributed by atoms with E-state index in [2.05, 4.69) is 12.2 Å². The molecule has 0 aliphatic carbocycles. The summed E-state index contributed by atoms with van der Waals surface area (Å²) in [5.74, 6) is -0.906. The third-order valence-electron chi connectivity index (χ3n) is 3.57. The molecule has 0 radical (unpaired) electrons. The monoisotopic (exact) mass is 292 g/mol. The molecule has 21 heavy (non-hydrogen) atoms. The van der Waals surface area contributed by atoms with Crippen LogP contribution in [0, 0.1) is 5.92 Å². The zero-order valence-corrected chi connectivity index (χ0v) is 12.0. The molecule has 1 aromatic rings. The molecule has 2 rings (SSSR count). The SMILES string of the molecule is CC1Cc2ccccc2N(C(=O)NCCC(O)C(=O)O)C1. The average Bonchev–Trinajstić information content (AvgIpc) is 2.45. The number of amides is 2. The molecule has 6 nitrogen and oxygen atoms in total. The van der Waals surface area contributed by atoms with Crippen LogP contribution in [-0.2, 0) is 11.2 Å². The van der Waals surface area contributed by atoms with Gasteiger partial charge in [0.05, 0.1) is 0 Å². The van der Waals surface area contributed by atoms with Crippen LogP contribution in [0.2, 0.25) is 0 Å². The number of urea groups is 1. The molecule has 2 unspecified atom stereocenters. The number of carboxylic acid groups (broad SMARTS) is 1. The van der Waals surface area contributed by atoms with Gasteiger partial charge in [0.2, 0.25) is 0 Å². The van der Waals surface area contributed by atoms with E-state index in [1.54, 1.807) is 4.90 Å². The van der Waals surface area contributed by atoms with Gasteiger partial charge in [-0.25, -0.2) is 9.59 Å². The lowest BCUT2D eigenvalue weighted by molar-refractivity contribution is -0.146. The number of benzene rings is 1. The molecule has 1 aliphatic rings. The first-order valence-electron chi connectivity index (χ1n) is 7.03. The van der Waals surface area contributed by atoms with E-state index >= 15 is 0 Å². The van der Waals surface area contributed by atoms with Gasteiger partial charge in [0.15, 0.2) is 6.10 Å². The molecule has 0 saturated heterocycles. The van der Waals surface area contributed by atoms with Gasteiger partial charge in [-0.15, -0.1) is 0 Å². The maximum Gasteiger partial charge on any atom is 0.332 e. The van der Waals surface area contributed by atoms with E-state index in [0.29, 0.717) is 12.5 Å². The zero-order chi connectivity index (χ0) is 15.4. The van der Waals surface area contributed by atoms with E-state index < -0.39 is 12.1 Å². The van der Waals surface area contributed by atoms with Crippen molar-refractivity contribution >= 4 is 17.7 Å². The van der Waals surface area contributed by atoms with Crippen molar-refractivity contribution in [3.8, 4) is 0 Å². The lowest BCUT2D eigenvalue weighted by Gasteiger charge is -2.33. The summed E-state index contributed by atoms with van der Waals surface area (Å²) in [5.41, 5.74) is 2.03. The summed E-state index contributed by atoms with van der Waals surface area (Å²) < 4.78 is 0. The first kappa shape index (κ1) is 15.3. The Labute approximate surface area is 123 Å². The van der Waals surface area contributed by atoms with E-state index in [1.165, 1.54) is 0 Å². The largest absolute Gasteiger partial charge is 0.479 e. The topological polar surface area (TPSA) is 89.9 Å². The second kappa shape index (κ2) is 6.58. The number of anilines is 1. The van der Waals surface area contributed by atoms with Gasteiger partial charge in [0.1, 0.15) is 0 Å². The summed E-state index contributed by atoms with van der Waals surface area (Å²) >= 11 is 0. The number of aliphatic hydroxyl groups is 1. The van der Waals surface area contributed by atoms with Crippen molar-refractivity contribution in [2.45, 2.75) is 25.9 Å². The third kappa shape index (κ3) is 3.72. The summed E-state index contributed by atoms with van der Waals surface area (Å²) in [6, 6.07) is 7.51. The molecule has 0 bridgehead atoms. The molecule has 1 heterocycles. The Bertz CT molecular complexity index is 532. The molecular formula is C15H20N2O4. The highest BCUT2D eigenvalue weighted by Crippen LogP contribution is 2.29. The highest BCUT2D eigenvalue weighted by Gasteiger charge is 2.26. The number of fused-ring (bicyclic) bond motifs is 1. The summed E-state index contributed by atoms with van der Waals surface area (Å²) in [6.45, 7) is 2.84. The molecule has 6 heteroatoms. The van der Waals surface area contributed by atoms with Crippen LogP contribution in [-0.4, -0.2) is 41.4 Å². The van der Waals surface area contributed by atoms with Crippen LogP contribution in [0.1, 0.15) is 18.9 Å². The number of para-hydroxylation sites is 1. The maximum absolute atomic E-state index is 12.2. The van der Waals surface area contributed by atoms with E-state index in [4.69, 9.17) is 5.11 Å². The molecule has 1 aromatic carbocycles. The molecule has 0 saturated carbocycles.